The lowest BCUT2D eigenvalue weighted by molar-refractivity contribution is 0.115. The SMILES string of the molecule is CCN(C[C@H]1CCCO1)c1nc2cc(C)nn2c2ccccc12. The van der Waals surface area contributed by atoms with Crippen LogP contribution in [0.4, 0.5) is 5.82 Å². The Kier molecular flexibility index (Phi) is 3.65. The number of anilines is 1. The summed E-state index contributed by atoms with van der Waals surface area (Å²) >= 11 is 0. The first-order valence-electron chi connectivity index (χ1n) is 8.38. The van der Waals surface area contributed by atoms with Crippen molar-refractivity contribution in [3.63, 3.8) is 0 Å². The normalized spacial score (nSPS) is 18.1. The molecule has 0 spiro atoms. The van der Waals surface area contributed by atoms with Crippen LogP contribution in [-0.4, -0.2) is 40.4 Å². The molecule has 0 bridgehead atoms. The van der Waals surface area contributed by atoms with Gasteiger partial charge < -0.3 is 9.64 Å². The molecule has 1 aliphatic heterocycles. The number of rotatable bonds is 4. The molecule has 0 unspecified atom stereocenters. The number of likely N-dealkylation sites (N-methyl/N-ethyl adjacent to an activating group) is 1. The van der Waals surface area contributed by atoms with E-state index >= 15 is 0 Å². The first kappa shape index (κ1) is 14.5. The van der Waals surface area contributed by atoms with E-state index in [0.717, 1.165) is 60.6 Å². The summed E-state index contributed by atoms with van der Waals surface area (Å²) in [5.41, 5.74) is 3.00. The minimum Gasteiger partial charge on any atom is -0.376 e. The highest BCUT2D eigenvalue weighted by atomic mass is 16.5. The van der Waals surface area contributed by atoms with Crippen LogP contribution in [0.2, 0.25) is 0 Å². The zero-order valence-corrected chi connectivity index (χ0v) is 13.7. The van der Waals surface area contributed by atoms with Crippen molar-refractivity contribution < 1.29 is 4.74 Å². The van der Waals surface area contributed by atoms with E-state index in [1.807, 2.05) is 17.5 Å². The lowest BCUT2D eigenvalue weighted by Crippen LogP contribution is -2.33. The zero-order chi connectivity index (χ0) is 15.8. The molecular weight excluding hydrogens is 288 g/mol. The molecule has 2 aromatic heterocycles. The molecule has 0 N–H and O–H groups in total. The molecule has 1 aromatic carbocycles. The molecule has 0 saturated carbocycles. The Morgan fingerprint density at radius 2 is 2.22 bits per heavy atom. The third-order valence-corrected chi connectivity index (χ3v) is 4.54. The molecule has 4 rings (SSSR count). The summed E-state index contributed by atoms with van der Waals surface area (Å²) in [4.78, 5) is 7.24. The van der Waals surface area contributed by atoms with Crippen LogP contribution in [0.3, 0.4) is 0 Å². The molecule has 3 heterocycles. The fraction of sp³-hybridized carbons (Fsp3) is 0.444. The second-order valence-electron chi connectivity index (χ2n) is 6.18. The van der Waals surface area contributed by atoms with Crippen LogP contribution in [0.1, 0.15) is 25.5 Å². The number of hydrogen-bond donors (Lipinski definition) is 0. The van der Waals surface area contributed by atoms with Crippen LogP contribution < -0.4 is 4.90 Å². The molecule has 0 aliphatic carbocycles. The van der Waals surface area contributed by atoms with Crippen molar-refractivity contribution in [1.82, 2.24) is 14.6 Å². The quantitative estimate of drug-likeness (QED) is 0.742. The number of nitrogens with zero attached hydrogens (tertiary/aromatic N) is 4. The molecule has 1 fully saturated rings. The van der Waals surface area contributed by atoms with Crippen LogP contribution in [-0.2, 0) is 4.74 Å². The zero-order valence-electron chi connectivity index (χ0n) is 13.7. The lowest BCUT2D eigenvalue weighted by Gasteiger charge is -2.26. The molecule has 3 aromatic rings. The van der Waals surface area contributed by atoms with Gasteiger partial charge in [0.1, 0.15) is 5.82 Å². The van der Waals surface area contributed by atoms with Crippen molar-refractivity contribution in [2.24, 2.45) is 0 Å². The second-order valence-corrected chi connectivity index (χ2v) is 6.18. The third-order valence-electron chi connectivity index (χ3n) is 4.54. The van der Waals surface area contributed by atoms with E-state index in [1.165, 1.54) is 0 Å². The van der Waals surface area contributed by atoms with Crippen molar-refractivity contribution >= 4 is 22.4 Å². The minimum absolute atomic E-state index is 0.318. The first-order valence-corrected chi connectivity index (χ1v) is 8.38. The van der Waals surface area contributed by atoms with Crippen LogP contribution in [0.15, 0.2) is 30.3 Å². The smallest absolute Gasteiger partial charge is 0.158 e. The molecule has 5 nitrogen and oxygen atoms in total. The Bertz CT molecular complexity index is 836. The maximum absolute atomic E-state index is 5.82. The molecule has 120 valence electrons. The Labute approximate surface area is 135 Å². The van der Waals surface area contributed by atoms with Gasteiger partial charge in [-0.25, -0.2) is 9.50 Å². The van der Waals surface area contributed by atoms with Crippen LogP contribution in [0.5, 0.6) is 0 Å². The van der Waals surface area contributed by atoms with Crippen LogP contribution >= 0.6 is 0 Å². The molecule has 23 heavy (non-hydrogen) atoms. The summed E-state index contributed by atoms with van der Waals surface area (Å²) < 4.78 is 7.76. The van der Waals surface area contributed by atoms with Crippen molar-refractivity contribution in [3.8, 4) is 0 Å². The number of benzene rings is 1. The van der Waals surface area contributed by atoms with Gasteiger partial charge in [-0.1, -0.05) is 12.1 Å². The van der Waals surface area contributed by atoms with Gasteiger partial charge in [0.25, 0.3) is 0 Å². The van der Waals surface area contributed by atoms with E-state index in [9.17, 15) is 0 Å². The predicted octanol–water partition coefficient (Wildman–Crippen LogP) is 3.20. The Morgan fingerprint density at radius 1 is 1.35 bits per heavy atom. The van der Waals surface area contributed by atoms with Crippen molar-refractivity contribution in [2.45, 2.75) is 32.8 Å². The maximum atomic E-state index is 5.82. The van der Waals surface area contributed by atoms with Crippen molar-refractivity contribution in [3.05, 3.63) is 36.0 Å². The summed E-state index contributed by atoms with van der Waals surface area (Å²) in [6.07, 6.45) is 2.62. The lowest BCUT2D eigenvalue weighted by atomic mass is 10.2. The van der Waals surface area contributed by atoms with Crippen molar-refractivity contribution in [2.75, 3.05) is 24.6 Å². The number of ether oxygens (including phenoxy) is 1. The number of fused-ring (bicyclic) bond motifs is 3. The molecule has 1 saturated heterocycles. The number of para-hydroxylation sites is 1. The number of hydrogen-bond acceptors (Lipinski definition) is 4. The van der Waals surface area contributed by atoms with Crippen LogP contribution in [0, 0.1) is 6.92 Å². The summed E-state index contributed by atoms with van der Waals surface area (Å²) in [6.45, 7) is 6.89. The van der Waals surface area contributed by atoms with Gasteiger partial charge in [-0.3, -0.25) is 0 Å². The van der Waals surface area contributed by atoms with Gasteiger partial charge in [0, 0.05) is 31.1 Å². The Morgan fingerprint density at radius 3 is 3.00 bits per heavy atom. The van der Waals surface area contributed by atoms with Gasteiger partial charge in [0.2, 0.25) is 0 Å². The van der Waals surface area contributed by atoms with E-state index in [0.29, 0.717) is 6.10 Å². The molecule has 1 aliphatic rings. The summed E-state index contributed by atoms with van der Waals surface area (Å²) in [5, 5.41) is 5.72. The predicted molar refractivity (Wildman–Crippen MR) is 92.1 cm³/mol. The van der Waals surface area contributed by atoms with Gasteiger partial charge >= 0.3 is 0 Å². The molecule has 0 amide bonds. The van der Waals surface area contributed by atoms with E-state index in [4.69, 9.17) is 9.72 Å². The van der Waals surface area contributed by atoms with E-state index < -0.39 is 0 Å². The van der Waals surface area contributed by atoms with Gasteiger partial charge in [-0.05, 0) is 38.8 Å². The first-order chi connectivity index (χ1) is 11.3. The van der Waals surface area contributed by atoms with E-state index in [2.05, 4.69) is 41.2 Å². The summed E-state index contributed by atoms with van der Waals surface area (Å²) in [5.74, 6) is 1.03. The fourth-order valence-corrected chi connectivity index (χ4v) is 3.40. The number of aromatic nitrogens is 3. The average molecular weight is 310 g/mol. The standard InChI is InChI=1S/C18H22N4O/c1-3-21(12-14-7-6-10-23-14)18-15-8-4-5-9-16(15)22-17(19-18)11-13(2)20-22/h4-5,8-9,11,14H,3,6-7,10,12H2,1-2H3/t14-/m1/s1. The van der Waals surface area contributed by atoms with Gasteiger partial charge in [-0.2, -0.15) is 5.10 Å². The Hall–Kier alpha value is -2.14. The second kappa shape index (κ2) is 5.81. The highest BCUT2D eigenvalue weighted by molar-refractivity contribution is 5.91. The minimum atomic E-state index is 0.318. The number of aryl methyl sites for hydroxylation is 1. The molecule has 5 heteroatoms. The Balaban J connectivity index is 1.85. The fourth-order valence-electron chi connectivity index (χ4n) is 3.40. The van der Waals surface area contributed by atoms with Gasteiger partial charge in [0.05, 0.1) is 17.3 Å². The maximum Gasteiger partial charge on any atom is 0.158 e. The summed E-state index contributed by atoms with van der Waals surface area (Å²) in [6, 6.07) is 10.4. The molecular formula is C18H22N4O. The van der Waals surface area contributed by atoms with E-state index in [-0.39, 0.29) is 0 Å². The highest BCUT2D eigenvalue weighted by Gasteiger charge is 2.21. The van der Waals surface area contributed by atoms with Crippen LogP contribution in [0.25, 0.3) is 16.6 Å². The molecule has 0 radical (unpaired) electrons. The largest absolute Gasteiger partial charge is 0.376 e. The summed E-state index contributed by atoms with van der Waals surface area (Å²) in [7, 11) is 0. The molecule has 1 atom stereocenters. The van der Waals surface area contributed by atoms with Crippen molar-refractivity contribution in [1.29, 1.82) is 0 Å². The third kappa shape index (κ3) is 2.55. The topological polar surface area (TPSA) is 42.7 Å². The van der Waals surface area contributed by atoms with Gasteiger partial charge in [0.15, 0.2) is 5.65 Å². The highest BCUT2D eigenvalue weighted by Crippen LogP contribution is 2.27. The monoisotopic (exact) mass is 310 g/mol. The van der Waals surface area contributed by atoms with Gasteiger partial charge in [-0.15, -0.1) is 0 Å². The average Bonchev–Trinajstić information content (AvgIpc) is 3.20. The van der Waals surface area contributed by atoms with E-state index in [1.54, 1.807) is 0 Å².